The van der Waals surface area contributed by atoms with Gasteiger partial charge in [-0.3, -0.25) is 0 Å². The molecule has 0 radical (unpaired) electrons. The topological polar surface area (TPSA) is 83.1 Å². The van der Waals surface area contributed by atoms with E-state index in [1.807, 2.05) is 18.2 Å². The first-order valence-corrected chi connectivity index (χ1v) is 9.12. The van der Waals surface area contributed by atoms with Crippen LogP contribution in [0.5, 0.6) is 23.0 Å². The SMILES string of the molecule is COc1ccc(S(=O)(=O)NCCc2ccc3c(c2)OCO3)c(OC)c1. The second-order valence-corrected chi connectivity index (χ2v) is 7.09. The zero-order valence-electron chi connectivity index (χ0n) is 13.9. The number of ether oxygens (including phenoxy) is 4. The summed E-state index contributed by atoms with van der Waals surface area (Å²) in [5.74, 6) is 2.13. The van der Waals surface area contributed by atoms with Crippen LogP contribution < -0.4 is 23.7 Å². The Morgan fingerprint density at radius 3 is 2.60 bits per heavy atom. The zero-order chi connectivity index (χ0) is 17.9. The fourth-order valence-corrected chi connectivity index (χ4v) is 3.68. The van der Waals surface area contributed by atoms with Crippen LogP contribution in [0.3, 0.4) is 0 Å². The first-order chi connectivity index (χ1) is 12.0. The summed E-state index contributed by atoms with van der Waals surface area (Å²) in [4.78, 5) is 0.0708. The van der Waals surface area contributed by atoms with E-state index in [1.54, 1.807) is 6.07 Å². The lowest BCUT2D eigenvalue weighted by molar-refractivity contribution is 0.174. The van der Waals surface area contributed by atoms with Gasteiger partial charge in [0.1, 0.15) is 16.4 Å². The number of nitrogens with one attached hydrogen (secondary N) is 1. The first-order valence-electron chi connectivity index (χ1n) is 7.64. The molecule has 0 aliphatic carbocycles. The Morgan fingerprint density at radius 2 is 1.84 bits per heavy atom. The highest BCUT2D eigenvalue weighted by molar-refractivity contribution is 7.89. The van der Waals surface area contributed by atoms with Crippen LogP contribution in [0.25, 0.3) is 0 Å². The number of benzene rings is 2. The van der Waals surface area contributed by atoms with E-state index in [0.29, 0.717) is 23.7 Å². The number of hydrogen-bond donors (Lipinski definition) is 1. The van der Waals surface area contributed by atoms with Gasteiger partial charge < -0.3 is 18.9 Å². The molecule has 0 unspecified atom stereocenters. The molecule has 2 aromatic rings. The molecule has 8 heteroatoms. The molecule has 0 saturated carbocycles. The lowest BCUT2D eigenvalue weighted by Crippen LogP contribution is -2.26. The molecule has 1 aliphatic rings. The van der Waals surface area contributed by atoms with Gasteiger partial charge in [-0.2, -0.15) is 0 Å². The Morgan fingerprint density at radius 1 is 1.04 bits per heavy atom. The first kappa shape index (κ1) is 17.4. The summed E-state index contributed by atoms with van der Waals surface area (Å²) in [5, 5.41) is 0. The molecule has 7 nitrogen and oxygen atoms in total. The molecule has 0 atom stereocenters. The van der Waals surface area contributed by atoms with Crippen molar-refractivity contribution in [2.24, 2.45) is 0 Å². The standard InChI is InChI=1S/C17H19NO6S/c1-21-13-4-6-17(16(10-13)22-2)25(19,20)18-8-7-12-3-5-14-15(9-12)24-11-23-14/h3-6,9-10,18H,7-8,11H2,1-2H3. The maximum atomic E-state index is 12.5. The van der Waals surface area contributed by atoms with Crippen LogP contribution in [0.2, 0.25) is 0 Å². The van der Waals surface area contributed by atoms with E-state index < -0.39 is 10.0 Å². The molecule has 0 fully saturated rings. The van der Waals surface area contributed by atoms with Crippen molar-refractivity contribution < 1.29 is 27.4 Å². The largest absolute Gasteiger partial charge is 0.497 e. The van der Waals surface area contributed by atoms with Gasteiger partial charge in [0.2, 0.25) is 16.8 Å². The van der Waals surface area contributed by atoms with Crippen LogP contribution in [0.15, 0.2) is 41.3 Å². The van der Waals surface area contributed by atoms with Crippen molar-refractivity contribution in [3.8, 4) is 23.0 Å². The molecule has 3 rings (SSSR count). The zero-order valence-corrected chi connectivity index (χ0v) is 14.8. The minimum atomic E-state index is -3.70. The van der Waals surface area contributed by atoms with Crippen LogP contribution in [-0.2, 0) is 16.4 Å². The van der Waals surface area contributed by atoms with Crippen molar-refractivity contribution in [2.75, 3.05) is 27.6 Å². The van der Waals surface area contributed by atoms with Gasteiger partial charge >= 0.3 is 0 Å². The van der Waals surface area contributed by atoms with Crippen molar-refractivity contribution in [1.29, 1.82) is 0 Å². The van der Waals surface area contributed by atoms with Gasteiger partial charge in [0, 0.05) is 12.6 Å². The summed E-state index contributed by atoms with van der Waals surface area (Å²) in [6, 6.07) is 10.1. The van der Waals surface area contributed by atoms with Crippen LogP contribution >= 0.6 is 0 Å². The van der Waals surface area contributed by atoms with Gasteiger partial charge in [-0.05, 0) is 36.2 Å². The average molecular weight is 365 g/mol. The summed E-state index contributed by atoms with van der Waals surface area (Å²) < 4.78 is 48.4. The number of methoxy groups -OCH3 is 2. The molecule has 0 saturated heterocycles. The predicted molar refractivity (Wildman–Crippen MR) is 91.0 cm³/mol. The molecule has 1 N–H and O–H groups in total. The molecule has 25 heavy (non-hydrogen) atoms. The summed E-state index contributed by atoms with van der Waals surface area (Å²) in [7, 11) is -0.773. The minimum Gasteiger partial charge on any atom is -0.497 e. The van der Waals surface area contributed by atoms with Crippen molar-refractivity contribution in [3.63, 3.8) is 0 Å². The molecular formula is C17H19NO6S. The number of rotatable bonds is 7. The van der Waals surface area contributed by atoms with E-state index in [-0.39, 0.29) is 24.0 Å². The number of hydrogen-bond acceptors (Lipinski definition) is 6. The summed E-state index contributed by atoms with van der Waals surface area (Å²) in [5.41, 5.74) is 0.952. The van der Waals surface area contributed by atoms with Gasteiger partial charge in [-0.25, -0.2) is 13.1 Å². The Kier molecular flexibility index (Phi) is 5.00. The minimum absolute atomic E-state index is 0.0708. The maximum absolute atomic E-state index is 12.5. The van der Waals surface area contributed by atoms with Crippen LogP contribution in [0, 0.1) is 0 Å². The van der Waals surface area contributed by atoms with Crippen molar-refractivity contribution in [1.82, 2.24) is 4.72 Å². The monoisotopic (exact) mass is 365 g/mol. The highest BCUT2D eigenvalue weighted by Gasteiger charge is 2.20. The summed E-state index contributed by atoms with van der Waals surface area (Å²) in [6.07, 6.45) is 0.522. The third-order valence-electron chi connectivity index (χ3n) is 3.80. The Hall–Kier alpha value is -2.45. The highest BCUT2D eigenvalue weighted by atomic mass is 32.2. The molecular weight excluding hydrogens is 346 g/mol. The predicted octanol–water partition coefficient (Wildman–Crippen LogP) is 1.95. The van der Waals surface area contributed by atoms with Gasteiger partial charge in [-0.1, -0.05) is 6.07 Å². The third-order valence-corrected chi connectivity index (χ3v) is 5.30. The van der Waals surface area contributed by atoms with Crippen molar-refractivity contribution in [2.45, 2.75) is 11.3 Å². The van der Waals surface area contributed by atoms with Crippen LogP contribution in [0.4, 0.5) is 0 Å². The smallest absolute Gasteiger partial charge is 0.244 e. The molecule has 2 aromatic carbocycles. The van der Waals surface area contributed by atoms with Crippen molar-refractivity contribution in [3.05, 3.63) is 42.0 Å². The van der Waals surface area contributed by atoms with E-state index in [0.717, 1.165) is 5.56 Å². The van der Waals surface area contributed by atoms with Gasteiger partial charge in [0.05, 0.1) is 14.2 Å². The highest BCUT2D eigenvalue weighted by Crippen LogP contribution is 2.32. The Bertz CT molecular complexity index is 865. The van der Waals surface area contributed by atoms with E-state index in [9.17, 15) is 8.42 Å². The van der Waals surface area contributed by atoms with Crippen molar-refractivity contribution >= 4 is 10.0 Å². The summed E-state index contributed by atoms with van der Waals surface area (Å²) in [6.45, 7) is 0.458. The van der Waals surface area contributed by atoms with Gasteiger partial charge in [0.25, 0.3) is 0 Å². The Balaban J connectivity index is 1.68. The second-order valence-electron chi connectivity index (χ2n) is 5.35. The number of fused-ring (bicyclic) bond motifs is 1. The van der Waals surface area contributed by atoms with E-state index >= 15 is 0 Å². The maximum Gasteiger partial charge on any atom is 0.244 e. The molecule has 1 aliphatic heterocycles. The van der Waals surface area contributed by atoms with Crippen LogP contribution in [-0.4, -0.2) is 36.0 Å². The second kappa shape index (κ2) is 7.20. The molecule has 0 bridgehead atoms. The third kappa shape index (κ3) is 3.80. The fraction of sp³-hybridized carbons (Fsp3) is 0.294. The molecule has 134 valence electrons. The summed E-state index contributed by atoms with van der Waals surface area (Å²) >= 11 is 0. The molecule has 0 spiro atoms. The quantitative estimate of drug-likeness (QED) is 0.808. The van der Waals surface area contributed by atoms with E-state index in [1.165, 1.54) is 26.4 Å². The number of sulfonamides is 1. The van der Waals surface area contributed by atoms with E-state index in [2.05, 4.69) is 4.72 Å². The normalized spacial score (nSPS) is 12.9. The van der Waals surface area contributed by atoms with E-state index in [4.69, 9.17) is 18.9 Å². The lowest BCUT2D eigenvalue weighted by Gasteiger charge is -2.12. The van der Waals surface area contributed by atoms with Crippen LogP contribution in [0.1, 0.15) is 5.56 Å². The van der Waals surface area contributed by atoms with Gasteiger partial charge in [-0.15, -0.1) is 0 Å². The molecule has 0 aromatic heterocycles. The fourth-order valence-electron chi connectivity index (χ4n) is 2.50. The Labute approximate surface area is 146 Å². The van der Waals surface area contributed by atoms with Gasteiger partial charge in [0.15, 0.2) is 11.5 Å². The molecule has 0 amide bonds. The average Bonchev–Trinajstić information content (AvgIpc) is 3.08. The lowest BCUT2D eigenvalue weighted by atomic mass is 10.1. The molecule has 1 heterocycles.